The van der Waals surface area contributed by atoms with Crippen LogP contribution >= 0.6 is 0 Å². The van der Waals surface area contributed by atoms with Gasteiger partial charge < -0.3 is 18.0 Å². The number of aromatic amines is 1. The molecule has 272 valence electrons. The molecule has 48 heavy (non-hydrogen) atoms. The zero-order valence-corrected chi connectivity index (χ0v) is 35.7. The minimum Gasteiger partial charge on any atom is -0.414 e. The number of H-pyrrole nitrogens is 1. The summed E-state index contributed by atoms with van der Waals surface area (Å²) in [7, 11) is -6.99. The lowest BCUT2D eigenvalue weighted by Crippen LogP contribution is -2.54. The predicted octanol–water partition coefficient (Wildman–Crippen LogP) is 8.06. The molecule has 0 aromatic carbocycles. The fourth-order valence-corrected chi connectivity index (χ4v) is 8.19. The van der Waals surface area contributed by atoms with Gasteiger partial charge in [0.1, 0.15) is 24.1 Å². The molecule has 2 aromatic heterocycles. The number of aromatic nitrogens is 4. The normalized spacial score (nSPS) is 21.7. The highest BCUT2D eigenvalue weighted by atomic mass is 28.4. The van der Waals surface area contributed by atoms with Crippen LogP contribution in [0.4, 0.5) is 5.95 Å². The minimum atomic E-state index is -2.44. The molecule has 3 rings (SSSR count). The molecule has 11 nitrogen and oxygen atoms in total. The summed E-state index contributed by atoms with van der Waals surface area (Å²) in [6.45, 7) is 41.2. The van der Waals surface area contributed by atoms with Gasteiger partial charge in [0.2, 0.25) is 11.9 Å². The number of anilines is 1. The van der Waals surface area contributed by atoms with Crippen molar-refractivity contribution in [2.45, 2.75) is 155 Å². The van der Waals surface area contributed by atoms with Gasteiger partial charge in [-0.15, -0.1) is 0 Å². The Labute approximate surface area is 291 Å². The van der Waals surface area contributed by atoms with Crippen molar-refractivity contribution < 1.29 is 22.8 Å². The van der Waals surface area contributed by atoms with Crippen molar-refractivity contribution in [3.8, 4) is 0 Å². The van der Waals surface area contributed by atoms with E-state index < -0.39 is 55.1 Å². The lowest BCUT2D eigenvalue weighted by atomic mass is 10.1. The Morgan fingerprint density at radius 1 is 0.917 bits per heavy atom. The first kappa shape index (κ1) is 40.5. The molecule has 1 fully saturated rings. The SMILES string of the molecule is C=Cc1nc2c(=O)[nH]c(NC(=O)C(C)C)nc2n1C1OC(CO[Si](C)(C)C(C)(C)C)C(O[Si](C)(C)C(C)(C)C)C1O[Si](C)(C)C(C)(C)C. The van der Waals surface area contributed by atoms with Gasteiger partial charge in [0.15, 0.2) is 42.3 Å². The summed E-state index contributed by atoms with van der Waals surface area (Å²) in [5, 5.41) is 2.54. The van der Waals surface area contributed by atoms with Crippen molar-refractivity contribution in [1.29, 1.82) is 0 Å². The van der Waals surface area contributed by atoms with Gasteiger partial charge in [0, 0.05) is 5.92 Å². The zero-order chi connectivity index (χ0) is 37.0. The number of ether oxygens (including phenoxy) is 1. The molecule has 0 bridgehead atoms. The second-order valence-corrected chi connectivity index (χ2v) is 32.4. The second-order valence-electron chi connectivity index (χ2n) is 18.1. The van der Waals surface area contributed by atoms with E-state index in [2.05, 4.69) is 123 Å². The molecule has 1 saturated heterocycles. The van der Waals surface area contributed by atoms with Crippen LogP contribution in [0.1, 0.15) is 88.2 Å². The topological polar surface area (TPSA) is 130 Å². The molecule has 1 aliphatic rings. The lowest BCUT2D eigenvalue weighted by Gasteiger charge is -2.44. The second kappa shape index (κ2) is 13.6. The number of amides is 1. The number of nitrogens with zero attached hydrogens (tertiary/aromatic N) is 3. The number of hydrogen-bond donors (Lipinski definition) is 2. The molecule has 0 aliphatic carbocycles. The first-order valence-corrected chi connectivity index (χ1v) is 25.9. The summed E-state index contributed by atoms with van der Waals surface area (Å²) in [6.07, 6.45) is -0.734. The Morgan fingerprint density at radius 2 is 1.42 bits per heavy atom. The van der Waals surface area contributed by atoms with E-state index in [4.69, 9.17) is 23.0 Å². The molecule has 0 saturated carbocycles. The monoisotopic (exact) mass is 721 g/mol. The largest absolute Gasteiger partial charge is 0.414 e. The summed E-state index contributed by atoms with van der Waals surface area (Å²) in [6, 6.07) is 0. The molecule has 0 spiro atoms. The maximum absolute atomic E-state index is 13.4. The van der Waals surface area contributed by atoms with Crippen LogP contribution in [0.25, 0.3) is 17.2 Å². The molecule has 4 unspecified atom stereocenters. The molecule has 3 heterocycles. The van der Waals surface area contributed by atoms with Gasteiger partial charge >= 0.3 is 0 Å². The number of nitrogens with one attached hydrogen (secondary N) is 2. The van der Waals surface area contributed by atoms with Gasteiger partial charge in [-0.1, -0.05) is 82.7 Å². The van der Waals surface area contributed by atoms with E-state index in [1.165, 1.54) is 0 Å². The van der Waals surface area contributed by atoms with Crippen LogP contribution in [0.5, 0.6) is 0 Å². The van der Waals surface area contributed by atoms with E-state index in [1.54, 1.807) is 24.5 Å². The van der Waals surface area contributed by atoms with E-state index in [0.717, 1.165) is 0 Å². The molecule has 2 aromatic rings. The summed E-state index contributed by atoms with van der Waals surface area (Å²) in [5.74, 6) is -0.138. The van der Waals surface area contributed by atoms with Crippen LogP contribution in [-0.2, 0) is 22.8 Å². The first-order valence-electron chi connectivity index (χ1n) is 17.2. The maximum atomic E-state index is 13.4. The van der Waals surface area contributed by atoms with Crippen molar-refractivity contribution in [2.24, 2.45) is 5.92 Å². The average molecular weight is 722 g/mol. The summed E-state index contributed by atoms with van der Waals surface area (Å²) in [5.41, 5.74) is -0.101. The fraction of sp³-hybridized carbons (Fsp3) is 0.765. The highest BCUT2D eigenvalue weighted by molar-refractivity contribution is 6.75. The summed E-state index contributed by atoms with van der Waals surface area (Å²) < 4.78 is 30.2. The Balaban J connectivity index is 2.32. The predicted molar refractivity (Wildman–Crippen MR) is 203 cm³/mol. The summed E-state index contributed by atoms with van der Waals surface area (Å²) in [4.78, 5) is 38.0. The van der Waals surface area contributed by atoms with Crippen molar-refractivity contribution in [3.63, 3.8) is 0 Å². The minimum absolute atomic E-state index is 0.00381. The highest BCUT2D eigenvalue weighted by Crippen LogP contribution is 2.47. The molecule has 1 amide bonds. The van der Waals surface area contributed by atoms with E-state index in [-0.39, 0.29) is 44.1 Å². The third kappa shape index (κ3) is 8.32. The first-order chi connectivity index (χ1) is 21.5. The molecular formula is C34H63N5O6Si3. The van der Waals surface area contributed by atoms with Crippen LogP contribution in [0.15, 0.2) is 11.4 Å². The maximum Gasteiger partial charge on any atom is 0.280 e. The Morgan fingerprint density at radius 3 is 1.88 bits per heavy atom. The van der Waals surface area contributed by atoms with Crippen LogP contribution in [0.2, 0.25) is 54.4 Å². The van der Waals surface area contributed by atoms with E-state index in [0.29, 0.717) is 12.4 Å². The van der Waals surface area contributed by atoms with Crippen LogP contribution in [-0.4, -0.2) is 75.3 Å². The van der Waals surface area contributed by atoms with Gasteiger partial charge in [0.05, 0.1) is 6.61 Å². The van der Waals surface area contributed by atoms with Crippen molar-refractivity contribution in [3.05, 3.63) is 22.8 Å². The van der Waals surface area contributed by atoms with Crippen molar-refractivity contribution in [1.82, 2.24) is 19.5 Å². The Hall–Kier alpha value is -1.95. The fourth-order valence-electron chi connectivity index (χ4n) is 4.57. The summed E-state index contributed by atoms with van der Waals surface area (Å²) >= 11 is 0. The number of carbonyl (C=O) groups is 1. The van der Waals surface area contributed by atoms with Gasteiger partial charge in [-0.05, 0) is 60.5 Å². The van der Waals surface area contributed by atoms with Gasteiger partial charge in [-0.2, -0.15) is 4.98 Å². The third-order valence-corrected chi connectivity index (χ3v) is 24.4. The van der Waals surface area contributed by atoms with Gasteiger partial charge in [-0.25, -0.2) is 4.98 Å². The number of hydrogen-bond acceptors (Lipinski definition) is 8. The van der Waals surface area contributed by atoms with E-state index >= 15 is 0 Å². The number of fused-ring (bicyclic) bond motifs is 1. The number of rotatable bonds is 11. The quantitative estimate of drug-likeness (QED) is 0.223. The molecule has 1 aliphatic heterocycles. The Kier molecular flexibility index (Phi) is 11.5. The van der Waals surface area contributed by atoms with Gasteiger partial charge in [0.25, 0.3) is 5.56 Å². The zero-order valence-electron chi connectivity index (χ0n) is 32.7. The van der Waals surface area contributed by atoms with E-state index in [1.807, 2.05) is 0 Å². The Bertz CT molecular complexity index is 1550. The van der Waals surface area contributed by atoms with Crippen LogP contribution < -0.4 is 10.9 Å². The molecule has 0 radical (unpaired) electrons. The van der Waals surface area contributed by atoms with Crippen LogP contribution in [0.3, 0.4) is 0 Å². The lowest BCUT2D eigenvalue weighted by molar-refractivity contribution is -0.118. The van der Waals surface area contributed by atoms with Crippen molar-refractivity contribution in [2.75, 3.05) is 11.9 Å². The highest BCUT2D eigenvalue weighted by Gasteiger charge is 2.55. The standard InChI is InChI=1S/C34H63N5O6Si3/c1-19-23-35-24-27(36-31(38-29(24)41)37-28(40)21(2)3)39(23)30-26(45-48(17,18)34(10,11)12)25(44-47(15,16)33(7,8)9)22(43-30)20-42-46(13,14)32(4,5)6/h19,21-22,25-26,30H,1,20H2,2-18H3,(H2,36,37,38,40,41). The molecule has 4 atom stereocenters. The molecule has 14 heteroatoms. The third-order valence-electron chi connectivity index (χ3n) is 11.0. The molecule has 2 N–H and O–H groups in total. The molecular weight excluding hydrogens is 659 g/mol. The van der Waals surface area contributed by atoms with E-state index in [9.17, 15) is 9.59 Å². The van der Waals surface area contributed by atoms with Crippen molar-refractivity contribution >= 4 is 54.0 Å². The number of imidazole rings is 1. The average Bonchev–Trinajstić information content (AvgIpc) is 3.42. The van der Waals surface area contributed by atoms with Gasteiger partial charge in [-0.3, -0.25) is 24.5 Å². The van der Waals surface area contributed by atoms with Crippen LogP contribution in [0, 0.1) is 5.92 Å². The smallest absolute Gasteiger partial charge is 0.280 e. The number of carbonyl (C=O) groups excluding carboxylic acids is 1.